The smallest absolute Gasteiger partial charge is 0.377 e. The number of rotatable bonds is 0. The molecule has 0 aromatic rings. The summed E-state index contributed by atoms with van der Waals surface area (Å²) in [5.41, 5.74) is 0. The second kappa shape index (κ2) is 6.36. The van der Waals surface area contributed by atoms with Crippen LogP contribution in [0.5, 0.6) is 0 Å². The molecule has 0 N–H and O–H groups in total. The molecule has 0 aromatic carbocycles. The van der Waals surface area contributed by atoms with E-state index in [9.17, 15) is 8.42 Å². The Hall–Kier alpha value is -0.250. The Labute approximate surface area is 88.5 Å². The molecule has 0 amide bonds. The van der Waals surface area contributed by atoms with Crippen molar-refractivity contribution < 1.29 is 31.3 Å². The molecule has 7 nitrogen and oxygen atoms in total. The molecule has 90 valence electrons. The monoisotopic (exact) mass is 242 g/mol. The van der Waals surface area contributed by atoms with Crippen molar-refractivity contribution in [3.8, 4) is 0 Å². The molecule has 0 radical (unpaired) electrons. The van der Waals surface area contributed by atoms with E-state index in [2.05, 4.69) is 25.1 Å². The molecule has 3 aliphatic rings. The topological polar surface area (TPSA) is 86.9 Å². The lowest BCUT2D eigenvalue weighted by Crippen LogP contribution is -2.20. The van der Waals surface area contributed by atoms with Crippen LogP contribution < -0.4 is 0 Å². The number of hydrogen-bond donors (Lipinski definition) is 0. The van der Waals surface area contributed by atoms with Crippen LogP contribution in [0.3, 0.4) is 0 Å². The lowest BCUT2D eigenvalue weighted by molar-refractivity contribution is -0.233. The minimum atomic E-state index is -3.80. The molecule has 0 saturated carbocycles. The van der Waals surface area contributed by atoms with E-state index < -0.39 is 10.4 Å². The highest BCUT2D eigenvalue weighted by atomic mass is 32.3. The van der Waals surface area contributed by atoms with E-state index in [1.807, 2.05) is 0 Å². The molecular formula is C7H14O7S. The average molecular weight is 242 g/mol. The number of epoxide rings is 2. The Morgan fingerprint density at radius 1 is 1.13 bits per heavy atom. The molecule has 0 aliphatic carbocycles. The summed E-state index contributed by atoms with van der Waals surface area (Å²) < 4.78 is 37.2. The van der Waals surface area contributed by atoms with Gasteiger partial charge in [-0.3, -0.25) is 0 Å². The first-order valence-corrected chi connectivity index (χ1v) is 5.83. The van der Waals surface area contributed by atoms with Gasteiger partial charge in [-0.15, -0.1) is 0 Å². The predicted molar refractivity (Wildman–Crippen MR) is 48.1 cm³/mol. The van der Waals surface area contributed by atoms with Crippen molar-refractivity contribution in [1.82, 2.24) is 0 Å². The molecule has 8 heteroatoms. The van der Waals surface area contributed by atoms with E-state index in [0.717, 1.165) is 19.8 Å². The van der Waals surface area contributed by atoms with Crippen LogP contribution in [0.2, 0.25) is 0 Å². The van der Waals surface area contributed by atoms with E-state index in [4.69, 9.17) is 4.74 Å². The summed E-state index contributed by atoms with van der Waals surface area (Å²) in [5.74, 6) is 0. The second-order valence-electron chi connectivity index (χ2n) is 2.88. The Morgan fingerprint density at radius 2 is 1.67 bits per heavy atom. The van der Waals surface area contributed by atoms with Gasteiger partial charge in [0.15, 0.2) is 0 Å². The van der Waals surface area contributed by atoms with Gasteiger partial charge in [-0.25, -0.2) is 9.07 Å². The third-order valence-corrected chi connectivity index (χ3v) is 1.95. The fraction of sp³-hybridized carbons (Fsp3) is 1.00. The van der Waals surface area contributed by atoms with Gasteiger partial charge in [0.2, 0.25) is 0 Å². The normalized spacial score (nSPS) is 30.1. The van der Waals surface area contributed by atoms with Gasteiger partial charge in [0.1, 0.15) is 6.61 Å². The molecule has 3 fully saturated rings. The van der Waals surface area contributed by atoms with Gasteiger partial charge in [0.05, 0.1) is 32.5 Å². The molecule has 3 heterocycles. The molecule has 1 atom stereocenters. The number of hydrogen-bond acceptors (Lipinski definition) is 7. The molecule has 3 saturated heterocycles. The highest BCUT2D eigenvalue weighted by Crippen LogP contribution is 2.04. The van der Waals surface area contributed by atoms with Crippen molar-refractivity contribution in [2.45, 2.75) is 13.0 Å². The van der Waals surface area contributed by atoms with Crippen LogP contribution in [-0.4, -0.2) is 47.6 Å². The van der Waals surface area contributed by atoms with E-state index in [0.29, 0.717) is 6.10 Å². The van der Waals surface area contributed by atoms with E-state index in [1.54, 1.807) is 0 Å². The van der Waals surface area contributed by atoms with Crippen molar-refractivity contribution in [2.24, 2.45) is 0 Å². The Balaban J connectivity index is 0.000000132. The third-order valence-electron chi connectivity index (χ3n) is 1.23. The quantitative estimate of drug-likeness (QED) is 0.423. The molecule has 3 aliphatic heterocycles. The lowest BCUT2D eigenvalue weighted by Gasteiger charge is -2.08. The molecule has 1 unspecified atom stereocenters. The predicted octanol–water partition coefficient (Wildman–Crippen LogP) is -0.369. The highest BCUT2D eigenvalue weighted by Gasteiger charge is 2.17. The van der Waals surface area contributed by atoms with Gasteiger partial charge in [0.25, 0.3) is 0 Å². The van der Waals surface area contributed by atoms with E-state index in [-0.39, 0.29) is 13.2 Å². The van der Waals surface area contributed by atoms with Gasteiger partial charge in [-0.1, -0.05) is 4.33 Å². The maximum absolute atomic E-state index is 10.1. The fourth-order valence-electron chi connectivity index (χ4n) is 0.379. The first kappa shape index (κ1) is 12.8. The van der Waals surface area contributed by atoms with Crippen molar-refractivity contribution in [3.05, 3.63) is 0 Å². The Kier molecular flexibility index (Phi) is 5.43. The van der Waals surface area contributed by atoms with Gasteiger partial charge < -0.3 is 9.47 Å². The van der Waals surface area contributed by atoms with Crippen LogP contribution in [0, 0.1) is 0 Å². The summed E-state index contributed by atoms with van der Waals surface area (Å²) >= 11 is 0. The van der Waals surface area contributed by atoms with Crippen molar-refractivity contribution in [2.75, 3.05) is 33.0 Å². The second-order valence-corrected chi connectivity index (χ2v) is 4.06. The third kappa shape index (κ3) is 10.0. The molecule has 15 heavy (non-hydrogen) atoms. The van der Waals surface area contributed by atoms with Gasteiger partial charge >= 0.3 is 10.4 Å². The summed E-state index contributed by atoms with van der Waals surface area (Å²) in [6, 6.07) is 0. The maximum atomic E-state index is 10.1. The van der Waals surface area contributed by atoms with Crippen LogP contribution in [0.1, 0.15) is 6.92 Å². The highest BCUT2D eigenvalue weighted by molar-refractivity contribution is 7.81. The summed E-state index contributed by atoms with van der Waals surface area (Å²) in [4.78, 5) is 4.07. The first-order valence-electron chi connectivity index (χ1n) is 4.50. The molecular weight excluding hydrogens is 228 g/mol. The summed E-state index contributed by atoms with van der Waals surface area (Å²) in [6.45, 7) is 5.22. The van der Waals surface area contributed by atoms with Gasteiger partial charge in [-0.05, 0) is 6.92 Å². The molecule has 0 bridgehead atoms. The minimum Gasteiger partial charge on any atom is -0.377 e. The van der Waals surface area contributed by atoms with Crippen LogP contribution in [0.25, 0.3) is 0 Å². The number of ether oxygens (including phenoxy) is 2. The van der Waals surface area contributed by atoms with Crippen molar-refractivity contribution >= 4 is 10.4 Å². The first-order chi connectivity index (χ1) is 7.10. The standard InChI is InChI=1S/C3H6O.C2H4O5S.C2H4O/c1-3-2-4-3;3-8(4)6-2-1-5-7-8;1-2-3-1/h3H,2H2,1H3;1-2H2;1-2H2. The van der Waals surface area contributed by atoms with E-state index >= 15 is 0 Å². The van der Waals surface area contributed by atoms with Gasteiger partial charge in [0, 0.05) is 0 Å². The van der Waals surface area contributed by atoms with Crippen LogP contribution in [-0.2, 0) is 33.3 Å². The average Bonchev–Trinajstić information content (AvgIpc) is 3.00. The fourth-order valence-corrected chi connectivity index (χ4v) is 0.876. The summed E-state index contributed by atoms with van der Waals surface area (Å²) in [5, 5.41) is 0. The summed E-state index contributed by atoms with van der Waals surface area (Å²) in [7, 11) is -3.80. The van der Waals surface area contributed by atoms with Crippen molar-refractivity contribution in [3.63, 3.8) is 0 Å². The largest absolute Gasteiger partial charge is 0.426 e. The van der Waals surface area contributed by atoms with Crippen LogP contribution in [0.15, 0.2) is 0 Å². The zero-order valence-electron chi connectivity index (χ0n) is 8.38. The SMILES string of the molecule is C1CO1.CC1CO1.O=S1(=O)OCCOO1. The maximum Gasteiger partial charge on any atom is 0.426 e. The molecule has 0 spiro atoms. The summed E-state index contributed by atoms with van der Waals surface area (Å²) in [6.07, 6.45) is 0.583. The Morgan fingerprint density at radius 3 is 1.80 bits per heavy atom. The van der Waals surface area contributed by atoms with Gasteiger partial charge in [-0.2, -0.15) is 8.42 Å². The minimum absolute atomic E-state index is 0.0301. The molecule has 3 rings (SSSR count). The van der Waals surface area contributed by atoms with Crippen molar-refractivity contribution in [1.29, 1.82) is 0 Å². The van der Waals surface area contributed by atoms with E-state index in [1.165, 1.54) is 0 Å². The zero-order valence-corrected chi connectivity index (χ0v) is 9.20. The van der Waals surface area contributed by atoms with Crippen LogP contribution >= 0.6 is 0 Å². The lowest BCUT2D eigenvalue weighted by atomic mass is 10.6. The van der Waals surface area contributed by atoms with Crippen LogP contribution in [0.4, 0.5) is 0 Å². The Bertz CT molecular complexity index is 242. The molecule has 0 aromatic heterocycles. The zero-order chi connectivity index (χ0) is 11.1.